The average Bonchev–Trinajstić information content (AvgIpc) is 2.90. The first-order chi connectivity index (χ1) is 11.3. The standard InChI is InChI=1S/C21H36O3/c1-18-9-5-10-21(18,22)17-7-6-15-14-20(23-3,24-4)13-12-19(15,2)16(17)8-11-18/h15-17,22H,5-14H2,1-4H3. The molecule has 3 heteroatoms. The molecule has 138 valence electrons. The highest BCUT2D eigenvalue weighted by atomic mass is 16.7. The lowest BCUT2D eigenvalue weighted by atomic mass is 9.44. The zero-order valence-electron chi connectivity index (χ0n) is 16.1. The van der Waals surface area contributed by atoms with E-state index in [-0.39, 0.29) is 11.2 Å². The van der Waals surface area contributed by atoms with Crippen LogP contribution in [-0.2, 0) is 9.47 Å². The van der Waals surface area contributed by atoms with E-state index in [9.17, 15) is 5.11 Å². The second-order valence-corrected chi connectivity index (χ2v) is 9.89. The van der Waals surface area contributed by atoms with E-state index in [1.54, 1.807) is 14.2 Å². The molecule has 0 aromatic heterocycles. The Bertz CT molecular complexity index is 501. The SMILES string of the molecule is COC1(OC)CCC2(C)C(CCC3C2CCC2(C)CCCC32O)C1. The molecule has 4 aliphatic rings. The summed E-state index contributed by atoms with van der Waals surface area (Å²) in [7, 11) is 3.59. The lowest BCUT2D eigenvalue weighted by molar-refractivity contribution is -0.270. The molecule has 0 aromatic carbocycles. The molecule has 0 amide bonds. The molecule has 6 atom stereocenters. The Hall–Kier alpha value is -0.120. The van der Waals surface area contributed by atoms with Crippen LogP contribution >= 0.6 is 0 Å². The lowest BCUT2D eigenvalue weighted by Gasteiger charge is -2.64. The van der Waals surface area contributed by atoms with Crippen molar-refractivity contribution in [3.63, 3.8) is 0 Å². The van der Waals surface area contributed by atoms with Crippen LogP contribution in [0, 0.1) is 28.6 Å². The Morgan fingerprint density at radius 2 is 1.58 bits per heavy atom. The Morgan fingerprint density at radius 1 is 0.833 bits per heavy atom. The molecule has 4 saturated carbocycles. The summed E-state index contributed by atoms with van der Waals surface area (Å²) in [5.74, 6) is 1.49. The number of aliphatic hydroxyl groups is 1. The summed E-state index contributed by atoms with van der Waals surface area (Å²) in [5.41, 5.74) is 0.124. The predicted molar refractivity (Wildman–Crippen MR) is 94.6 cm³/mol. The molecule has 4 aliphatic carbocycles. The molecule has 0 saturated heterocycles. The van der Waals surface area contributed by atoms with Crippen LogP contribution in [0.3, 0.4) is 0 Å². The van der Waals surface area contributed by atoms with Gasteiger partial charge in [0.2, 0.25) is 0 Å². The van der Waals surface area contributed by atoms with Crippen LogP contribution in [0.25, 0.3) is 0 Å². The lowest BCUT2D eigenvalue weighted by Crippen LogP contribution is -2.62. The van der Waals surface area contributed by atoms with Crippen LogP contribution in [-0.4, -0.2) is 30.7 Å². The van der Waals surface area contributed by atoms with Gasteiger partial charge in [0.1, 0.15) is 0 Å². The molecule has 0 spiro atoms. The largest absolute Gasteiger partial charge is 0.389 e. The summed E-state index contributed by atoms with van der Waals surface area (Å²) in [6, 6.07) is 0. The van der Waals surface area contributed by atoms with Gasteiger partial charge in [-0.25, -0.2) is 0 Å². The highest BCUT2D eigenvalue weighted by Crippen LogP contribution is 2.68. The highest BCUT2D eigenvalue weighted by Gasteiger charge is 2.65. The first-order valence-electron chi connectivity index (χ1n) is 10.2. The van der Waals surface area contributed by atoms with Crippen molar-refractivity contribution >= 4 is 0 Å². The topological polar surface area (TPSA) is 38.7 Å². The number of ether oxygens (including phenoxy) is 2. The first kappa shape index (κ1) is 17.3. The molecule has 0 aromatic rings. The Kier molecular flexibility index (Phi) is 3.92. The summed E-state index contributed by atoms with van der Waals surface area (Å²) in [6.07, 6.45) is 11.6. The third kappa shape index (κ3) is 2.07. The van der Waals surface area contributed by atoms with Crippen LogP contribution in [0.15, 0.2) is 0 Å². The van der Waals surface area contributed by atoms with Gasteiger partial charge in [-0.3, -0.25) is 0 Å². The van der Waals surface area contributed by atoms with Crippen molar-refractivity contribution in [3.05, 3.63) is 0 Å². The van der Waals surface area contributed by atoms with Gasteiger partial charge in [-0.15, -0.1) is 0 Å². The minimum atomic E-state index is -0.402. The van der Waals surface area contributed by atoms with Crippen molar-refractivity contribution in [1.29, 1.82) is 0 Å². The summed E-state index contributed by atoms with van der Waals surface area (Å²) < 4.78 is 11.6. The molecular formula is C21H36O3. The second kappa shape index (κ2) is 5.44. The maximum absolute atomic E-state index is 11.7. The van der Waals surface area contributed by atoms with Crippen molar-refractivity contribution in [1.82, 2.24) is 0 Å². The highest BCUT2D eigenvalue weighted by molar-refractivity contribution is 5.15. The van der Waals surface area contributed by atoms with Gasteiger partial charge in [-0.05, 0) is 80.0 Å². The summed E-state index contributed by atoms with van der Waals surface area (Å²) in [4.78, 5) is 0. The normalized spacial score (nSPS) is 53.1. The number of methoxy groups -OCH3 is 2. The van der Waals surface area contributed by atoms with Gasteiger partial charge in [0, 0.05) is 27.1 Å². The van der Waals surface area contributed by atoms with Crippen molar-refractivity contribution < 1.29 is 14.6 Å². The van der Waals surface area contributed by atoms with E-state index in [0.29, 0.717) is 23.2 Å². The zero-order chi connectivity index (χ0) is 17.2. The molecule has 24 heavy (non-hydrogen) atoms. The summed E-state index contributed by atoms with van der Waals surface area (Å²) >= 11 is 0. The maximum Gasteiger partial charge on any atom is 0.167 e. The number of fused-ring (bicyclic) bond motifs is 5. The average molecular weight is 337 g/mol. The molecule has 4 rings (SSSR count). The first-order valence-corrected chi connectivity index (χ1v) is 10.2. The number of hydrogen-bond acceptors (Lipinski definition) is 3. The Balaban J connectivity index is 1.63. The Labute approximate surface area is 147 Å². The molecule has 0 radical (unpaired) electrons. The van der Waals surface area contributed by atoms with Crippen LogP contribution in [0.5, 0.6) is 0 Å². The Morgan fingerprint density at radius 3 is 2.29 bits per heavy atom. The third-order valence-electron chi connectivity index (χ3n) is 9.39. The van der Waals surface area contributed by atoms with Crippen LogP contribution < -0.4 is 0 Å². The van der Waals surface area contributed by atoms with E-state index < -0.39 is 5.60 Å². The third-order valence-corrected chi connectivity index (χ3v) is 9.39. The van der Waals surface area contributed by atoms with E-state index in [0.717, 1.165) is 19.3 Å². The van der Waals surface area contributed by atoms with Crippen LogP contribution in [0.2, 0.25) is 0 Å². The molecular weight excluding hydrogens is 300 g/mol. The quantitative estimate of drug-likeness (QED) is 0.753. The minimum Gasteiger partial charge on any atom is -0.389 e. The zero-order valence-corrected chi connectivity index (χ0v) is 16.1. The van der Waals surface area contributed by atoms with Gasteiger partial charge in [0.05, 0.1) is 5.60 Å². The minimum absolute atomic E-state index is 0.175. The van der Waals surface area contributed by atoms with Crippen molar-refractivity contribution in [2.75, 3.05) is 14.2 Å². The number of rotatable bonds is 2. The fraction of sp³-hybridized carbons (Fsp3) is 1.00. The predicted octanol–water partition coefficient (Wildman–Crippen LogP) is 4.52. The van der Waals surface area contributed by atoms with Crippen molar-refractivity contribution in [2.45, 2.75) is 89.4 Å². The van der Waals surface area contributed by atoms with Gasteiger partial charge in [0.25, 0.3) is 0 Å². The van der Waals surface area contributed by atoms with Gasteiger partial charge >= 0.3 is 0 Å². The molecule has 1 N–H and O–H groups in total. The molecule has 3 nitrogen and oxygen atoms in total. The van der Waals surface area contributed by atoms with E-state index in [1.807, 2.05) is 0 Å². The van der Waals surface area contributed by atoms with Gasteiger partial charge in [0.15, 0.2) is 5.79 Å². The van der Waals surface area contributed by atoms with E-state index in [2.05, 4.69) is 13.8 Å². The van der Waals surface area contributed by atoms with E-state index in [4.69, 9.17) is 9.47 Å². The van der Waals surface area contributed by atoms with Crippen molar-refractivity contribution in [2.24, 2.45) is 28.6 Å². The van der Waals surface area contributed by atoms with Gasteiger partial charge < -0.3 is 14.6 Å². The van der Waals surface area contributed by atoms with Gasteiger partial charge in [-0.1, -0.05) is 13.8 Å². The van der Waals surface area contributed by atoms with E-state index >= 15 is 0 Å². The van der Waals surface area contributed by atoms with Gasteiger partial charge in [-0.2, -0.15) is 0 Å². The summed E-state index contributed by atoms with van der Waals surface area (Å²) in [6.45, 7) is 4.89. The number of hydrogen-bond donors (Lipinski definition) is 1. The van der Waals surface area contributed by atoms with Crippen molar-refractivity contribution in [3.8, 4) is 0 Å². The smallest absolute Gasteiger partial charge is 0.167 e. The monoisotopic (exact) mass is 336 g/mol. The second-order valence-electron chi connectivity index (χ2n) is 9.89. The van der Waals surface area contributed by atoms with Crippen LogP contribution in [0.4, 0.5) is 0 Å². The molecule has 4 fully saturated rings. The molecule has 6 unspecified atom stereocenters. The maximum atomic E-state index is 11.7. The summed E-state index contributed by atoms with van der Waals surface area (Å²) in [5, 5.41) is 11.7. The molecule has 0 heterocycles. The fourth-order valence-corrected chi connectivity index (χ4v) is 7.61. The molecule has 0 aliphatic heterocycles. The van der Waals surface area contributed by atoms with Crippen LogP contribution in [0.1, 0.15) is 78.1 Å². The fourth-order valence-electron chi connectivity index (χ4n) is 7.61. The van der Waals surface area contributed by atoms with E-state index in [1.165, 1.54) is 44.9 Å². The molecule has 0 bridgehead atoms.